The maximum atomic E-state index is 6.16. The first kappa shape index (κ1) is 13.4. The summed E-state index contributed by atoms with van der Waals surface area (Å²) in [5, 5.41) is 0. The van der Waals surface area contributed by atoms with E-state index in [0.29, 0.717) is 5.96 Å². The van der Waals surface area contributed by atoms with Crippen molar-refractivity contribution in [3.63, 3.8) is 0 Å². The Morgan fingerprint density at radius 2 is 1.90 bits per heavy atom. The second-order valence-electron chi connectivity index (χ2n) is 6.14. The van der Waals surface area contributed by atoms with E-state index >= 15 is 0 Å². The minimum absolute atomic E-state index is 0.0387. The molecule has 1 aromatic rings. The van der Waals surface area contributed by atoms with Crippen LogP contribution in [0.3, 0.4) is 0 Å². The third kappa shape index (κ3) is 2.40. The van der Waals surface area contributed by atoms with Gasteiger partial charge in [-0.1, -0.05) is 30.3 Å². The minimum Gasteiger partial charge on any atom is -0.375 e. The van der Waals surface area contributed by atoms with Crippen LogP contribution < -0.4 is 5.73 Å². The van der Waals surface area contributed by atoms with Gasteiger partial charge in [-0.05, 0) is 32.3 Å². The summed E-state index contributed by atoms with van der Waals surface area (Å²) >= 11 is 0. The molecule has 2 aliphatic rings. The molecular weight excluding hydrogens is 250 g/mol. The van der Waals surface area contributed by atoms with Crippen molar-refractivity contribution >= 4 is 5.96 Å². The Morgan fingerprint density at radius 3 is 2.55 bits per heavy atom. The number of aliphatic imine (C=N–C) groups is 1. The smallest absolute Gasteiger partial charge is 0.192 e. The van der Waals surface area contributed by atoms with E-state index in [-0.39, 0.29) is 17.7 Å². The van der Waals surface area contributed by atoms with Gasteiger partial charge in [0.1, 0.15) is 0 Å². The molecule has 0 aliphatic carbocycles. The van der Waals surface area contributed by atoms with Crippen molar-refractivity contribution in [1.29, 1.82) is 0 Å². The summed E-state index contributed by atoms with van der Waals surface area (Å²) in [5.74, 6) is 0.676. The Morgan fingerprint density at radius 1 is 1.25 bits per heavy atom. The van der Waals surface area contributed by atoms with Gasteiger partial charge in [0.05, 0.1) is 24.3 Å². The SMILES string of the molecule is CC1CC2(CN=C(N)N2Cc2ccccc2)CC(C)O1. The number of nitrogens with zero attached hydrogens (tertiary/aromatic N) is 2. The Bertz CT molecular complexity index is 490. The zero-order chi connectivity index (χ0) is 14.2. The van der Waals surface area contributed by atoms with Crippen LogP contribution in [0.4, 0.5) is 0 Å². The molecule has 0 aromatic heterocycles. The van der Waals surface area contributed by atoms with Gasteiger partial charge in [-0.3, -0.25) is 4.99 Å². The van der Waals surface area contributed by atoms with E-state index in [1.165, 1.54) is 5.56 Å². The maximum Gasteiger partial charge on any atom is 0.192 e. The van der Waals surface area contributed by atoms with Gasteiger partial charge >= 0.3 is 0 Å². The van der Waals surface area contributed by atoms with Crippen LogP contribution in [0.15, 0.2) is 35.3 Å². The Hall–Kier alpha value is -1.55. The number of hydrogen-bond donors (Lipinski definition) is 1. The van der Waals surface area contributed by atoms with Crippen LogP contribution in [-0.2, 0) is 11.3 Å². The van der Waals surface area contributed by atoms with Crippen LogP contribution >= 0.6 is 0 Å². The summed E-state index contributed by atoms with van der Waals surface area (Å²) in [6.07, 6.45) is 2.51. The van der Waals surface area contributed by atoms with Gasteiger partial charge < -0.3 is 15.4 Å². The zero-order valence-electron chi connectivity index (χ0n) is 12.2. The molecular formula is C16H23N3O. The number of nitrogens with two attached hydrogens (primary N) is 1. The van der Waals surface area contributed by atoms with E-state index in [1.54, 1.807) is 0 Å². The molecule has 2 unspecified atom stereocenters. The third-order valence-electron chi connectivity index (χ3n) is 4.37. The molecule has 1 fully saturated rings. The lowest BCUT2D eigenvalue weighted by atomic mass is 9.83. The van der Waals surface area contributed by atoms with E-state index < -0.39 is 0 Å². The van der Waals surface area contributed by atoms with E-state index in [1.807, 2.05) is 6.07 Å². The van der Waals surface area contributed by atoms with Crippen LogP contribution in [0.5, 0.6) is 0 Å². The molecule has 4 nitrogen and oxygen atoms in total. The first-order chi connectivity index (χ1) is 9.59. The van der Waals surface area contributed by atoms with E-state index in [9.17, 15) is 0 Å². The van der Waals surface area contributed by atoms with Gasteiger partial charge in [0.25, 0.3) is 0 Å². The summed E-state index contributed by atoms with van der Waals surface area (Å²) in [7, 11) is 0. The molecule has 0 radical (unpaired) electrons. The van der Waals surface area contributed by atoms with Gasteiger partial charge in [-0.15, -0.1) is 0 Å². The zero-order valence-corrected chi connectivity index (χ0v) is 12.2. The quantitative estimate of drug-likeness (QED) is 0.898. The second kappa shape index (κ2) is 5.09. The van der Waals surface area contributed by atoms with Crippen molar-refractivity contribution in [2.24, 2.45) is 10.7 Å². The number of rotatable bonds is 2. The molecule has 1 aromatic carbocycles. The lowest BCUT2D eigenvalue weighted by Gasteiger charge is -2.46. The van der Waals surface area contributed by atoms with E-state index in [0.717, 1.165) is 25.9 Å². The molecule has 2 aliphatic heterocycles. The second-order valence-corrected chi connectivity index (χ2v) is 6.14. The van der Waals surface area contributed by atoms with Crippen LogP contribution in [0.2, 0.25) is 0 Å². The molecule has 2 atom stereocenters. The summed E-state index contributed by atoms with van der Waals surface area (Å²) in [6, 6.07) is 10.5. The Balaban J connectivity index is 1.84. The van der Waals surface area contributed by atoms with Crippen molar-refractivity contribution in [3.8, 4) is 0 Å². The highest BCUT2D eigenvalue weighted by atomic mass is 16.5. The predicted molar refractivity (Wildman–Crippen MR) is 80.4 cm³/mol. The largest absolute Gasteiger partial charge is 0.375 e. The normalized spacial score (nSPS) is 33.5. The molecule has 108 valence electrons. The maximum absolute atomic E-state index is 6.16. The van der Waals surface area contributed by atoms with Crippen molar-refractivity contribution in [1.82, 2.24) is 4.90 Å². The molecule has 4 heteroatoms. The fraction of sp³-hybridized carbons (Fsp3) is 0.562. The third-order valence-corrected chi connectivity index (χ3v) is 4.37. The molecule has 0 bridgehead atoms. The van der Waals surface area contributed by atoms with Crippen molar-refractivity contribution in [2.75, 3.05) is 6.54 Å². The fourth-order valence-corrected chi connectivity index (χ4v) is 3.65. The Labute approximate surface area is 120 Å². The average Bonchev–Trinajstić information content (AvgIpc) is 2.68. The standard InChI is InChI=1S/C16H23N3O/c1-12-8-16(9-13(2)20-12)11-18-15(17)19(16)10-14-6-4-3-5-7-14/h3-7,12-13H,8-11H2,1-2H3,(H2,17,18). The lowest BCUT2D eigenvalue weighted by molar-refractivity contribution is -0.0855. The number of hydrogen-bond acceptors (Lipinski definition) is 4. The van der Waals surface area contributed by atoms with Crippen molar-refractivity contribution in [3.05, 3.63) is 35.9 Å². The fourth-order valence-electron chi connectivity index (χ4n) is 3.65. The number of guanidine groups is 1. The molecule has 2 heterocycles. The van der Waals surface area contributed by atoms with Gasteiger partial charge in [-0.2, -0.15) is 0 Å². The first-order valence-electron chi connectivity index (χ1n) is 7.36. The molecule has 20 heavy (non-hydrogen) atoms. The molecule has 2 N–H and O–H groups in total. The predicted octanol–water partition coefficient (Wildman–Crippen LogP) is 2.14. The number of benzene rings is 1. The van der Waals surface area contributed by atoms with E-state index in [4.69, 9.17) is 10.5 Å². The van der Waals surface area contributed by atoms with Gasteiger partial charge in [0.15, 0.2) is 5.96 Å². The molecule has 1 saturated heterocycles. The summed E-state index contributed by atoms with van der Waals surface area (Å²) in [4.78, 5) is 6.81. The molecule has 3 rings (SSSR count). The summed E-state index contributed by atoms with van der Waals surface area (Å²) in [5.41, 5.74) is 7.47. The highest BCUT2D eigenvalue weighted by molar-refractivity contribution is 5.81. The Kier molecular flexibility index (Phi) is 3.42. The van der Waals surface area contributed by atoms with Gasteiger partial charge in [0.2, 0.25) is 0 Å². The average molecular weight is 273 g/mol. The summed E-state index contributed by atoms with van der Waals surface area (Å²) in [6.45, 7) is 5.92. The number of ether oxygens (including phenoxy) is 1. The van der Waals surface area contributed by atoms with Crippen molar-refractivity contribution in [2.45, 2.75) is 51.0 Å². The lowest BCUT2D eigenvalue weighted by Crippen LogP contribution is -2.57. The molecule has 1 spiro atoms. The topological polar surface area (TPSA) is 50.8 Å². The summed E-state index contributed by atoms with van der Waals surface area (Å²) < 4.78 is 5.89. The van der Waals surface area contributed by atoms with Crippen molar-refractivity contribution < 1.29 is 4.74 Å². The van der Waals surface area contributed by atoms with Crippen LogP contribution in [0, 0.1) is 0 Å². The van der Waals surface area contributed by atoms with Crippen LogP contribution in [-0.4, -0.2) is 35.2 Å². The minimum atomic E-state index is 0.0387. The van der Waals surface area contributed by atoms with Gasteiger partial charge in [0, 0.05) is 6.54 Å². The highest BCUT2D eigenvalue weighted by Crippen LogP contribution is 2.38. The van der Waals surface area contributed by atoms with Crippen LogP contribution in [0.25, 0.3) is 0 Å². The highest BCUT2D eigenvalue weighted by Gasteiger charge is 2.47. The van der Waals surface area contributed by atoms with Gasteiger partial charge in [-0.25, -0.2) is 0 Å². The first-order valence-corrected chi connectivity index (χ1v) is 7.36. The van der Waals surface area contributed by atoms with Crippen LogP contribution in [0.1, 0.15) is 32.3 Å². The molecule has 0 amide bonds. The monoisotopic (exact) mass is 273 g/mol. The molecule has 0 saturated carbocycles. The van der Waals surface area contributed by atoms with E-state index in [2.05, 4.69) is 48.0 Å².